The van der Waals surface area contributed by atoms with Crippen LogP contribution in [0.5, 0.6) is 0 Å². The number of nitrogens with one attached hydrogen (secondary N) is 1. The van der Waals surface area contributed by atoms with Gasteiger partial charge >= 0.3 is 0 Å². The molecular formula is C16H32N2O. The summed E-state index contributed by atoms with van der Waals surface area (Å²) in [5, 5.41) is 3.75. The first-order valence-electron chi connectivity index (χ1n) is 8.19. The van der Waals surface area contributed by atoms with Gasteiger partial charge in [0.1, 0.15) is 0 Å². The standard InChI is InChI=1S/C16H32N2O/c1-4-17-15(14-8-6-5-7-9-14)12-18-10-11-19-13-16(18,2)3/h14-15,17H,4-13H2,1-3H3. The molecule has 0 radical (unpaired) electrons. The smallest absolute Gasteiger partial charge is 0.0645 e. The maximum atomic E-state index is 5.64. The molecule has 0 amide bonds. The fraction of sp³-hybridized carbons (Fsp3) is 1.00. The highest BCUT2D eigenvalue weighted by molar-refractivity contribution is 4.89. The van der Waals surface area contributed by atoms with Crippen molar-refractivity contribution < 1.29 is 4.74 Å². The average Bonchev–Trinajstić information content (AvgIpc) is 2.41. The van der Waals surface area contributed by atoms with E-state index in [1.807, 2.05) is 0 Å². The average molecular weight is 268 g/mol. The first kappa shape index (κ1) is 15.3. The Kier molecular flexibility index (Phi) is 5.67. The SMILES string of the molecule is CCNC(CN1CCOCC1(C)C)C1CCCCC1. The van der Waals surface area contributed by atoms with Crippen molar-refractivity contribution in [2.24, 2.45) is 5.92 Å². The number of nitrogens with zero attached hydrogens (tertiary/aromatic N) is 1. The van der Waals surface area contributed by atoms with Gasteiger partial charge in [0.05, 0.1) is 13.2 Å². The number of rotatable bonds is 5. The summed E-state index contributed by atoms with van der Waals surface area (Å²) < 4.78 is 5.64. The topological polar surface area (TPSA) is 24.5 Å². The summed E-state index contributed by atoms with van der Waals surface area (Å²) in [6, 6.07) is 0.669. The summed E-state index contributed by atoms with van der Waals surface area (Å²) in [7, 11) is 0. The summed E-state index contributed by atoms with van der Waals surface area (Å²) in [6.07, 6.45) is 7.14. The Balaban J connectivity index is 1.94. The van der Waals surface area contributed by atoms with Gasteiger partial charge in [-0.3, -0.25) is 4.90 Å². The lowest BCUT2D eigenvalue weighted by atomic mass is 9.83. The molecule has 0 aromatic heterocycles. The number of ether oxygens (including phenoxy) is 1. The molecule has 1 unspecified atom stereocenters. The second-order valence-electron chi connectivity index (χ2n) is 6.87. The Labute approximate surface area is 119 Å². The molecule has 1 saturated carbocycles. The Morgan fingerprint density at radius 2 is 2.00 bits per heavy atom. The zero-order chi connectivity index (χ0) is 13.7. The molecule has 3 heteroatoms. The van der Waals surface area contributed by atoms with Crippen molar-refractivity contribution in [2.45, 2.75) is 64.5 Å². The number of hydrogen-bond donors (Lipinski definition) is 1. The lowest BCUT2D eigenvalue weighted by molar-refractivity contribution is -0.0575. The van der Waals surface area contributed by atoms with Crippen molar-refractivity contribution in [3.63, 3.8) is 0 Å². The van der Waals surface area contributed by atoms with Crippen LogP contribution in [0.25, 0.3) is 0 Å². The highest BCUT2D eigenvalue weighted by Crippen LogP contribution is 2.28. The van der Waals surface area contributed by atoms with Crippen LogP contribution in [0, 0.1) is 5.92 Å². The van der Waals surface area contributed by atoms with E-state index >= 15 is 0 Å². The van der Waals surface area contributed by atoms with Crippen LogP contribution in [0.3, 0.4) is 0 Å². The van der Waals surface area contributed by atoms with Crippen LogP contribution in [0.4, 0.5) is 0 Å². The third-order valence-electron chi connectivity index (χ3n) is 4.92. The molecule has 112 valence electrons. The molecule has 0 bridgehead atoms. The van der Waals surface area contributed by atoms with E-state index in [1.54, 1.807) is 0 Å². The minimum Gasteiger partial charge on any atom is -0.378 e. The van der Waals surface area contributed by atoms with Crippen molar-refractivity contribution in [1.29, 1.82) is 0 Å². The van der Waals surface area contributed by atoms with E-state index in [0.717, 1.165) is 32.2 Å². The van der Waals surface area contributed by atoms with E-state index in [4.69, 9.17) is 4.74 Å². The van der Waals surface area contributed by atoms with E-state index in [1.165, 1.54) is 38.6 Å². The molecule has 19 heavy (non-hydrogen) atoms. The van der Waals surface area contributed by atoms with E-state index in [0.29, 0.717) is 6.04 Å². The lowest BCUT2D eigenvalue weighted by Crippen LogP contribution is -2.58. The van der Waals surface area contributed by atoms with Gasteiger partial charge in [-0.1, -0.05) is 26.2 Å². The van der Waals surface area contributed by atoms with Gasteiger partial charge in [0.2, 0.25) is 0 Å². The fourth-order valence-electron chi connectivity index (χ4n) is 3.65. The zero-order valence-corrected chi connectivity index (χ0v) is 13.1. The summed E-state index contributed by atoms with van der Waals surface area (Å²) in [4.78, 5) is 2.64. The molecule has 0 spiro atoms. The van der Waals surface area contributed by atoms with Gasteiger partial charge in [-0.15, -0.1) is 0 Å². The van der Waals surface area contributed by atoms with Crippen molar-refractivity contribution in [3.8, 4) is 0 Å². The molecule has 3 nitrogen and oxygen atoms in total. The molecule has 2 fully saturated rings. The summed E-state index contributed by atoms with van der Waals surface area (Å²) in [5.41, 5.74) is 0.195. The predicted octanol–water partition coefficient (Wildman–Crippen LogP) is 2.66. The molecule has 2 aliphatic rings. The third kappa shape index (κ3) is 4.17. The third-order valence-corrected chi connectivity index (χ3v) is 4.92. The number of morpholine rings is 1. The first-order chi connectivity index (χ1) is 9.13. The van der Waals surface area contributed by atoms with Gasteiger partial charge in [-0.2, -0.15) is 0 Å². The Morgan fingerprint density at radius 1 is 1.26 bits per heavy atom. The maximum absolute atomic E-state index is 5.64. The highest BCUT2D eigenvalue weighted by Gasteiger charge is 2.34. The van der Waals surface area contributed by atoms with E-state index in [9.17, 15) is 0 Å². The van der Waals surface area contributed by atoms with E-state index in [-0.39, 0.29) is 5.54 Å². The molecule has 1 N–H and O–H groups in total. The van der Waals surface area contributed by atoms with Gasteiger partial charge in [0, 0.05) is 24.7 Å². The fourth-order valence-corrected chi connectivity index (χ4v) is 3.65. The predicted molar refractivity (Wildman–Crippen MR) is 80.5 cm³/mol. The van der Waals surface area contributed by atoms with E-state index < -0.39 is 0 Å². The second-order valence-corrected chi connectivity index (χ2v) is 6.87. The molecule has 0 aromatic rings. The summed E-state index contributed by atoms with van der Waals surface area (Å²) in [6.45, 7) is 12.0. The Bertz CT molecular complexity index is 261. The zero-order valence-electron chi connectivity index (χ0n) is 13.1. The van der Waals surface area contributed by atoms with Crippen LogP contribution in [0.1, 0.15) is 52.9 Å². The molecule has 1 aliphatic heterocycles. The summed E-state index contributed by atoms with van der Waals surface area (Å²) >= 11 is 0. The lowest BCUT2D eigenvalue weighted by Gasteiger charge is -2.45. The van der Waals surface area contributed by atoms with Crippen molar-refractivity contribution >= 4 is 0 Å². The van der Waals surface area contributed by atoms with Crippen molar-refractivity contribution in [1.82, 2.24) is 10.2 Å². The molecule has 2 rings (SSSR count). The minimum atomic E-state index is 0.195. The van der Waals surface area contributed by atoms with Crippen LogP contribution >= 0.6 is 0 Å². The molecular weight excluding hydrogens is 236 g/mol. The van der Waals surface area contributed by atoms with Gasteiger partial charge in [-0.25, -0.2) is 0 Å². The number of hydrogen-bond acceptors (Lipinski definition) is 3. The first-order valence-corrected chi connectivity index (χ1v) is 8.19. The molecule has 1 heterocycles. The molecule has 1 aliphatic carbocycles. The maximum Gasteiger partial charge on any atom is 0.0645 e. The second kappa shape index (κ2) is 7.05. The van der Waals surface area contributed by atoms with E-state index in [2.05, 4.69) is 31.0 Å². The molecule has 0 aromatic carbocycles. The van der Waals surface area contributed by atoms with Gasteiger partial charge in [-0.05, 0) is 39.2 Å². The Morgan fingerprint density at radius 3 is 2.63 bits per heavy atom. The van der Waals surface area contributed by atoms with Gasteiger partial charge in [0.15, 0.2) is 0 Å². The molecule has 1 atom stereocenters. The normalized spacial score (nSPS) is 27.3. The van der Waals surface area contributed by atoms with Crippen LogP contribution in [-0.2, 0) is 4.74 Å². The van der Waals surface area contributed by atoms with Crippen LogP contribution in [-0.4, -0.2) is 49.3 Å². The van der Waals surface area contributed by atoms with Gasteiger partial charge in [0.25, 0.3) is 0 Å². The quantitative estimate of drug-likeness (QED) is 0.829. The van der Waals surface area contributed by atoms with Gasteiger partial charge < -0.3 is 10.1 Å². The minimum absolute atomic E-state index is 0.195. The van der Waals surface area contributed by atoms with Crippen LogP contribution in [0.15, 0.2) is 0 Å². The Hall–Kier alpha value is -0.120. The highest BCUT2D eigenvalue weighted by atomic mass is 16.5. The van der Waals surface area contributed by atoms with Crippen molar-refractivity contribution in [3.05, 3.63) is 0 Å². The van der Waals surface area contributed by atoms with Crippen LogP contribution in [0.2, 0.25) is 0 Å². The summed E-state index contributed by atoms with van der Waals surface area (Å²) in [5.74, 6) is 0.882. The number of likely N-dealkylation sites (N-methyl/N-ethyl adjacent to an activating group) is 1. The molecule has 1 saturated heterocycles. The van der Waals surface area contributed by atoms with Crippen LogP contribution < -0.4 is 5.32 Å². The largest absolute Gasteiger partial charge is 0.378 e. The van der Waals surface area contributed by atoms with Crippen molar-refractivity contribution in [2.75, 3.05) is 32.8 Å². The monoisotopic (exact) mass is 268 g/mol.